The van der Waals surface area contributed by atoms with Crippen molar-refractivity contribution in [3.63, 3.8) is 0 Å². The summed E-state index contributed by atoms with van der Waals surface area (Å²) < 4.78 is 2.07. The summed E-state index contributed by atoms with van der Waals surface area (Å²) in [5.41, 5.74) is 1.64. The fourth-order valence-electron chi connectivity index (χ4n) is 2.03. The van der Waals surface area contributed by atoms with Crippen LogP contribution in [-0.4, -0.2) is 16.1 Å². The monoisotopic (exact) mass is 237 g/mol. The number of hydrogen-bond donors (Lipinski definition) is 1. The third-order valence-electron chi connectivity index (χ3n) is 3.28. The molecule has 0 saturated heterocycles. The van der Waals surface area contributed by atoms with Crippen molar-refractivity contribution < 1.29 is 0 Å². The van der Waals surface area contributed by atoms with Gasteiger partial charge in [-0.25, -0.2) is 4.98 Å². The van der Waals surface area contributed by atoms with Crippen LogP contribution in [0.15, 0.2) is 12.5 Å². The third kappa shape index (κ3) is 5.35. The molecule has 1 heterocycles. The molecule has 0 bridgehead atoms. The molecular weight excluding hydrogens is 210 g/mol. The van der Waals surface area contributed by atoms with Gasteiger partial charge in [0.1, 0.15) is 0 Å². The summed E-state index contributed by atoms with van der Waals surface area (Å²) in [5.74, 6) is 0. The standard InChI is InChI=1S/C14H27N3/c1-5-6-7-8-14(2,3)11-15-9-13-10-16-12-17(13)4/h10,12,15H,5-9,11H2,1-4H3. The lowest BCUT2D eigenvalue weighted by Gasteiger charge is -2.25. The van der Waals surface area contributed by atoms with Gasteiger partial charge in [0.2, 0.25) is 0 Å². The molecule has 0 aromatic carbocycles. The van der Waals surface area contributed by atoms with Crippen molar-refractivity contribution in [2.24, 2.45) is 12.5 Å². The molecule has 3 nitrogen and oxygen atoms in total. The minimum atomic E-state index is 0.397. The molecule has 1 rings (SSSR count). The van der Waals surface area contributed by atoms with Crippen LogP contribution >= 0.6 is 0 Å². The molecule has 3 heteroatoms. The lowest BCUT2D eigenvalue weighted by Crippen LogP contribution is -2.29. The first-order chi connectivity index (χ1) is 8.05. The maximum absolute atomic E-state index is 4.12. The molecule has 0 unspecified atom stereocenters. The Hall–Kier alpha value is -0.830. The van der Waals surface area contributed by atoms with Crippen molar-refractivity contribution in [1.82, 2.24) is 14.9 Å². The van der Waals surface area contributed by atoms with Crippen LogP contribution in [0.3, 0.4) is 0 Å². The Morgan fingerprint density at radius 1 is 1.35 bits per heavy atom. The summed E-state index contributed by atoms with van der Waals surface area (Å²) in [6.45, 7) is 8.93. The maximum Gasteiger partial charge on any atom is 0.0945 e. The van der Waals surface area contributed by atoms with Crippen LogP contribution in [0.4, 0.5) is 0 Å². The van der Waals surface area contributed by atoms with Crippen molar-refractivity contribution in [3.8, 4) is 0 Å². The largest absolute Gasteiger partial charge is 0.337 e. The Bertz CT molecular complexity index is 315. The quantitative estimate of drug-likeness (QED) is 0.704. The normalized spacial score (nSPS) is 12.0. The van der Waals surface area contributed by atoms with Crippen LogP contribution < -0.4 is 5.32 Å². The first-order valence-corrected chi connectivity index (χ1v) is 6.71. The summed E-state index contributed by atoms with van der Waals surface area (Å²) in [7, 11) is 2.04. The molecule has 1 aromatic heterocycles. The average molecular weight is 237 g/mol. The van der Waals surface area contributed by atoms with E-state index >= 15 is 0 Å². The number of nitrogens with zero attached hydrogens (tertiary/aromatic N) is 2. The van der Waals surface area contributed by atoms with Crippen molar-refractivity contribution in [1.29, 1.82) is 0 Å². The molecule has 0 aliphatic carbocycles. The van der Waals surface area contributed by atoms with Crippen LogP contribution in [-0.2, 0) is 13.6 Å². The minimum Gasteiger partial charge on any atom is -0.337 e. The van der Waals surface area contributed by atoms with Gasteiger partial charge in [0, 0.05) is 26.3 Å². The summed E-state index contributed by atoms with van der Waals surface area (Å²) in [6, 6.07) is 0. The molecule has 98 valence electrons. The zero-order valence-corrected chi connectivity index (χ0v) is 11.8. The van der Waals surface area contributed by atoms with Gasteiger partial charge in [0.05, 0.1) is 12.0 Å². The third-order valence-corrected chi connectivity index (χ3v) is 3.28. The van der Waals surface area contributed by atoms with Crippen molar-refractivity contribution in [2.45, 2.75) is 53.0 Å². The molecule has 0 aliphatic rings. The highest BCUT2D eigenvalue weighted by Gasteiger charge is 2.16. The van der Waals surface area contributed by atoms with Crippen LogP contribution in [0.25, 0.3) is 0 Å². The Balaban J connectivity index is 2.23. The predicted octanol–water partition coefficient (Wildman–Crippen LogP) is 3.12. The van der Waals surface area contributed by atoms with Gasteiger partial charge in [0.15, 0.2) is 0 Å². The molecule has 0 saturated carbocycles. The summed E-state index contributed by atoms with van der Waals surface area (Å²) in [4.78, 5) is 4.12. The zero-order chi connectivity index (χ0) is 12.7. The van der Waals surface area contributed by atoms with E-state index in [1.54, 1.807) is 0 Å². The van der Waals surface area contributed by atoms with Gasteiger partial charge in [-0.1, -0.05) is 40.0 Å². The van der Waals surface area contributed by atoms with E-state index in [0.717, 1.165) is 13.1 Å². The summed E-state index contributed by atoms with van der Waals surface area (Å²) >= 11 is 0. The van der Waals surface area contributed by atoms with Crippen molar-refractivity contribution in [2.75, 3.05) is 6.54 Å². The van der Waals surface area contributed by atoms with Crippen LogP contribution in [0.2, 0.25) is 0 Å². The molecule has 0 fully saturated rings. The molecule has 1 N–H and O–H groups in total. The first-order valence-electron chi connectivity index (χ1n) is 6.71. The molecule has 0 aliphatic heterocycles. The Labute approximate surface area is 106 Å². The predicted molar refractivity (Wildman–Crippen MR) is 72.8 cm³/mol. The maximum atomic E-state index is 4.12. The van der Waals surface area contributed by atoms with Gasteiger partial charge in [-0.15, -0.1) is 0 Å². The van der Waals surface area contributed by atoms with E-state index in [1.807, 2.05) is 19.6 Å². The fourth-order valence-corrected chi connectivity index (χ4v) is 2.03. The number of aromatic nitrogens is 2. The van der Waals surface area contributed by atoms with Crippen LogP contribution in [0, 0.1) is 5.41 Å². The number of imidazole rings is 1. The minimum absolute atomic E-state index is 0.397. The number of nitrogens with one attached hydrogen (secondary N) is 1. The number of aryl methyl sites for hydroxylation is 1. The van der Waals surface area contributed by atoms with Crippen LogP contribution in [0.1, 0.15) is 52.1 Å². The van der Waals surface area contributed by atoms with E-state index in [-0.39, 0.29) is 0 Å². The molecule has 1 aromatic rings. The van der Waals surface area contributed by atoms with Gasteiger partial charge in [-0.2, -0.15) is 0 Å². The van der Waals surface area contributed by atoms with E-state index in [0.29, 0.717) is 5.41 Å². The van der Waals surface area contributed by atoms with E-state index < -0.39 is 0 Å². The SMILES string of the molecule is CCCCCC(C)(C)CNCc1cncn1C. The van der Waals surface area contributed by atoms with Crippen molar-refractivity contribution >= 4 is 0 Å². The highest BCUT2D eigenvalue weighted by Crippen LogP contribution is 2.22. The Morgan fingerprint density at radius 3 is 2.71 bits per heavy atom. The first kappa shape index (κ1) is 14.2. The van der Waals surface area contributed by atoms with E-state index in [4.69, 9.17) is 0 Å². The van der Waals surface area contributed by atoms with Gasteiger partial charge in [-0.3, -0.25) is 0 Å². The number of rotatable bonds is 8. The fraction of sp³-hybridized carbons (Fsp3) is 0.786. The molecule has 0 radical (unpaired) electrons. The van der Waals surface area contributed by atoms with Gasteiger partial charge >= 0.3 is 0 Å². The Kier molecular flexibility index (Phi) is 5.69. The van der Waals surface area contributed by atoms with E-state index in [9.17, 15) is 0 Å². The van der Waals surface area contributed by atoms with E-state index in [1.165, 1.54) is 31.4 Å². The highest BCUT2D eigenvalue weighted by atomic mass is 15.0. The molecule has 17 heavy (non-hydrogen) atoms. The zero-order valence-electron chi connectivity index (χ0n) is 11.8. The lowest BCUT2D eigenvalue weighted by molar-refractivity contribution is 0.301. The van der Waals surface area contributed by atoms with Gasteiger partial charge in [-0.05, 0) is 11.8 Å². The number of unbranched alkanes of at least 4 members (excludes halogenated alkanes) is 2. The highest BCUT2D eigenvalue weighted by molar-refractivity contribution is 4.96. The van der Waals surface area contributed by atoms with Crippen LogP contribution in [0.5, 0.6) is 0 Å². The Morgan fingerprint density at radius 2 is 2.12 bits per heavy atom. The summed E-state index contributed by atoms with van der Waals surface area (Å²) in [5, 5.41) is 3.53. The van der Waals surface area contributed by atoms with Crippen molar-refractivity contribution in [3.05, 3.63) is 18.2 Å². The molecule has 0 atom stereocenters. The average Bonchev–Trinajstić information content (AvgIpc) is 2.64. The second kappa shape index (κ2) is 6.80. The second-order valence-electron chi connectivity index (χ2n) is 5.72. The second-order valence-corrected chi connectivity index (χ2v) is 5.72. The molecule has 0 spiro atoms. The topological polar surface area (TPSA) is 29.9 Å². The van der Waals surface area contributed by atoms with Gasteiger partial charge < -0.3 is 9.88 Å². The van der Waals surface area contributed by atoms with E-state index in [2.05, 4.69) is 35.6 Å². The molecule has 0 amide bonds. The van der Waals surface area contributed by atoms with Gasteiger partial charge in [0.25, 0.3) is 0 Å². The lowest BCUT2D eigenvalue weighted by atomic mass is 9.87. The summed E-state index contributed by atoms with van der Waals surface area (Å²) in [6.07, 6.45) is 9.08. The number of hydrogen-bond acceptors (Lipinski definition) is 2. The molecular formula is C14H27N3. The smallest absolute Gasteiger partial charge is 0.0945 e.